The molecule has 0 spiro atoms. The third-order valence-corrected chi connectivity index (χ3v) is 3.89. The number of fused-ring (bicyclic) bond motifs is 1. The van der Waals surface area contributed by atoms with E-state index in [-0.39, 0.29) is 24.0 Å². The number of nitrogens with one attached hydrogen (secondary N) is 1. The lowest BCUT2D eigenvalue weighted by molar-refractivity contribution is 0.837. The molecule has 3 nitrogen and oxygen atoms in total. The SMILES string of the molecule is CN=C(NCCc1ccccc1)N1CCc2ccccc21.I. The van der Waals surface area contributed by atoms with Crippen LogP contribution in [0.15, 0.2) is 59.6 Å². The maximum absolute atomic E-state index is 4.43. The summed E-state index contributed by atoms with van der Waals surface area (Å²) in [5, 5.41) is 3.48. The van der Waals surface area contributed by atoms with Gasteiger partial charge in [0, 0.05) is 25.8 Å². The van der Waals surface area contributed by atoms with Gasteiger partial charge in [-0.15, -0.1) is 24.0 Å². The van der Waals surface area contributed by atoms with Gasteiger partial charge in [0.15, 0.2) is 5.96 Å². The number of halogens is 1. The summed E-state index contributed by atoms with van der Waals surface area (Å²) in [6.45, 7) is 1.90. The highest BCUT2D eigenvalue weighted by atomic mass is 127. The molecule has 0 saturated carbocycles. The second-order valence-electron chi connectivity index (χ2n) is 5.24. The van der Waals surface area contributed by atoms with Gasteiger partial charge in [-0.25, -0.2) is 0 Å². The number of aliphatic imine (C=N–C) groups is 1. The topological polar surface area (TPSA) is 27.6 Å². The minimum Gasteiger partial charge on any atom is -0.356 e. The van der Waals surface area contributed by atoms with Crippen molar-refractivity contribution in [1.82, 2.24) is 5.32 Å². The van der Waals surface area contributed by atoms with Crippen molar-refractivity contribution < 1.29 is 0 Å². The normalized spacial score (nSPS) is 13.5. The first kappa shape index (κ1) is 16.8. The number of benzene rings is 2. The molecule has 3 rings (SSSR count). The molecule has 0 radical (unpaired) electrons. The summed E-state index contributed by atoms with van der Waals surface area (Å²) in [6, 6.07) is 19.1. The van der Waals surface area contributed by atoms with Crippen LogP contribution in [0.4, 0.5) is 5.69 Å². The summed E-state index contributed by atoms with van der Waals surface area (Å²) in [5.41, 5.74) is 4.04. The maximum atomic E-state index is 4.43. The van der Waals surface area contributed by atoms with E-state index in [1.54, 1.807) is 0 Å². The van der Waals surface area contributed by atoms with Crippen LogP contribution in [0.3, 0.4) is 0 Å². The standard InChI is InChI=1S/C18H21N3.HI/c1-19-18(20-13-11-15-7-3-2-4-8-15)21-14-12-16-9-5-6-10-17(16)21;/h2-10H,11-14H2,1H3,(H,19,20);1H. The van der Waals surface area contributed by atoms with Crippen LogP contribution in [0.25, 0.3) is 0 Å². The first-order chi connectivity index (χ1) is 10.4. The molecule has 4 heteroatoms. The van der Waals surface area contributed by atoms with E-state index in [9.17, 15) is 0 Å². The average molecular weight is 407 g/mol. The number of nitrogens with zero attached hydrogens (tertiary/aromatic N) is 2. The molecule has 116 valence electrons. The predicted octanol–water partition coefficient (Wildman–Crippen LogP) is 3.49. The van der Waals surface area contributed by atoms with Gasteiger partial charge in [-0.2, -0.15) is 0 Å². The first-order valence-corrected chi connectivity index (χ1v) is 7.48. The molecule has 0 fully saturated rings. The molecule has 1 heterocycles. The molecule has 0 amide bonds. The van der Waals surface area contributed by atoms with Crippen LogP contribution in [0.5, 0.6) is 0 Å². The third-order valence-electron chi connectivity index (χ3n) is 3.89. The van der Waals surface area contributed by atoms with Crippen LogP contribution >= 0.6 is 24.0 Å². The molecule has 0 unspecified atom stereocenters. The van der Waals surface area contributed by atoms with Crippen molar-refractivity contribution in [2.24, 2.45) is 4.99 Å². The molecule has 2 aromatic carbocycles. The minimum absolute atomic E-state index is 0. The fourth-order valence-corrected chi connectivity index (χ4v) is 2.82. The highest BCUT2D eigenvalue weighted by molar-refractivity contribution is 14.0. The molecule has 0 atom stereocenters. The van der Waals surface area contributed by atoms with E-state index in [4.69, 9.17) is 0 Å². The summed E-state index contributed by atoms with van der Waals surface area (Å²) in [5.74, 6) is 0.968. The predicted molar refractivity (Wildman–Crippen MR) is 104 cm³/mol. The van der Waals surface area contributed by atoms with Crippen LogP contribution in [0, 0.1) is 0 Å². The van der Waals surface area contributed by atoms with E-state index >= 15 is 0 Å². The summed E-state index contributed by atoms with van der Waals surface area (Å²) >= 11 is 0. The fourth-order valence-electron chi connectivity index (χ4n) is 2.82. The van der Waals surface area contributed by atoms with Crippen molar-refractivity contribution in [3.8, 4) is 0 Å². The van der Waals surface area contributed by atoms with E-state index < -0.39 is 0 Å². The smallest absolute Gasteiger partial charge is 0.198 e. The second kappa shape index (κ2) is 8.17. The number of anilines is 1. The Kier molecular flexibility index (Phi) is 6.24. The summed E-state index contributed by atoms with van der Waals surface area (Å²) in [6.07, 6.45) is 2.10. The zero-order valence-electron chi connectivity index (χ0n) is 12.8. The second-order valence-corrected chi connectivity index (χ2v) is 5.24. The Morgan fingerprint density at radius 1 is 1.09 bits per heavy atom. The molecule has 1 aliphatic rings. The van der Waals surface area contributed by atoms with Crippen LogP contribution < -0.4 is 10.2 Å². The van der Waals surface area contributed by atoms with Crippen LogP contribution in [0.2, 0.25) is 0 Å². The van der Waals surface area contributed by atoms with Crippen LogP contribution in [-0.4, -0.2) is 26.1 Å². The average Bonchev–Trinajstić information content (AvgIpc) is 2.97. The first-order valence-electron chi connectivity index (χ1n) is 7.48. The zero-order chi connectivity index (χ0) is 14.5. The van der Waals surface area contributed by atoms with E-state index in [0.717, 1.165) is 31.9 Å². The highest BCUT2D eigenvalue weighted by Crippen LogP contribution is 2.27. The van der Waals surface area contributed by atoms with Gasteiger partial charge in [0.1, 0.15) is 0 Å². The molecule has 0 saturated heterocycles. The Hall–Kier alpha value is -1.56. The number of para-hydroxylation sites is 1. The Balaban J connectivity index is 0.00000176. The molecular formula is C18H22IN3. The number of hydrogen-bond acceptors (Lipinski definition) is 1. The van der Waals surface area contributed by atoms with E-state index in [0.29, 0.717) is 0 Å². The molecular weight excluding hydrogens is 385 g/mol. The van der Waals surface area contributed by atoms with E-state index in [1.807, 2.05) is 7.05 Å². The van der Waals surface area contributed by atoms with E-state index in [1.165, 1.54) is 16.8 Å². The van der Waals surface area contributed by atoms with E-state index in [2.05, 4.69) is 69.8 Å². The van der Waals surface area contributed by atoms with Gasteiger partial charge in [0.25, 0.3) is 0 Å². The van der Waals surface area contributed by atoms with Crippen LogP contribution in [-0.2, 0) is 12.8 Å². The number of rotatable bonds is 3. The van der Waals surface area contributed by atoms with Gasteiger partial charge in [-0.3, -0.25) is 4.99 Å². The fraction of sp³-hybridized carbons (Fsp3) is 0.278. The van der Waals surface area contributed by atoms with Crippen molar-refractivity contribution in [1.29, 1.82) is 0 Å². The summed E-state index contributed by atoms with van der Waals surface area (Å²) in [4.78, 5) is 6.71. The Morgan fingerprint density at radius 3 is 2.59 bits per heavy atom. The zero-order valence-corrected chi connectivity index (χ0v) is 15.2. The number of hydrogen-bond donors (Lipinski definition) is 1. The van der Waals surface area contributed by atoms with Crippen molar-refractivity contribution in [2.75, 3.05) is 25.0 Å². The molecule has 1 N–H and O–H groups in total. The van der Waals surface area contributed by atoms with Crippen molar-refractivity contribution in [3.63, 3.8) is 0 Å². The molecule has 22 heavy (non-hydrogen) atoms. The van der Waals surface area contributed by atoms with Gasteiger partial charge in [-0.1, -0.05) is 48.5 Å². The molecule has 0 bridgehead atoms. The van der Waals surface area contributed by atoms with Crippen molar-refractivity contribution in [2.45, 2.75) is 12.8 Å². The molecule has 0 aromatic heterocycles. The summed E-state index contributed by atoms with van der Waals surface area (Å²) < 4.78 is 0. The summed E-state index contributed by atoms with van der Waals surface area (Å²) in [7, 11) is 1.85. The molecule has 0 aliphatic carbocycles. The lowest BCUT2D eigenvalue weighted by atomic mass is 10.1. The maximum Gasteiger partial charge on any atom is 0.198 e. The molecule has 2 aromatic rings. The third kappa shape index (κ3) is 3.80. The van der Waals surface area contributed by atoms with Crippen LogP contribution in [0.1, 0.15) is 11.1 Å². The van der Waals surface area contributed by atoms with Gasteiger partial charge in [0.2, 0.25) is 0 Å². The van der Waals surface area contributed by atoms with Gasteiger partial charge < -0.3 is 10.2 Å². The number of guanidine groups is 1. The quantitative estimate of drug-likeness (QED) is 0.479. The lowest BCUT2D eigenvalue weighted by Crippen LogP contribution is -2.41. The Labute approximate surface area is 149 Å². The highest BCUT2D eigenvalue weighted by Gasteiger charge is 2.21. The van der Waals surface area contributed by atoms with Crippen molar-refractivity contribution >= 4 is 35.6 Å². The van der Waals surface area contributed by atoms with Gasteiger partial charge in [-0.05, 0) is 30.0 Å². The largest absolute Gasteiger partial charge is 0.356 e. The monoisotopic (exact) mass is 407 g/mol. The van der Waals surface area contributed by atoms with Gasteiger partial charge >= 0.3 is 0 Å². The lowest BCUT2D eigenvalue weighted by Gasteiger charge is -2.22. The molecule has 1 aliphatic heterocycles. The Bertz CT molecular complexity index is 625. The van der Waals surface area contributed by atoms with Crippen molar-refractivity contribution in [3.05, 3.63) is 65.7 Å². The Morgan fingerprint density at radius 2 is 1.82 bits per heavy atom. The minimum atomic E-state index is 0. The van der Waals surface area contributed by atoms with Gasteiger partial charge in [0.05, 0.1) is 0 Å².